The van der Waals surface area contributed by atoms with Crippen molar-refractivity contribution in [2.75, 3.05) is 14.1 Å². The van der Waals surface area contributed by atoms with E-state index in [-0.39, 0.29) is 5.78 Å². The van der Waals surface area contributed by atoms with Crippen molar-refractivity contribution in [1.82, 2.24) is 14.7 Å². The summed E-state index contributed by atoms with van der Waals surface area (Å²) < 4.78 is 1.73. The van der Waals surface area contributed by atoms with Gasteiger partial charge in [0, 0.05) is 39.1 Å². The Morgan fingerprint density at radius 1 is 1.40 bits per heavy atom. The lowest BCUT2D eigenvalue weighted by Crippen LogP contribution is -2.04. The van der Waals surface area contributed by atoms with Crippen LogP contribution in [0, 0.1) is 13.8 Å². The van der Waals surface area contributed by atoms with Crippen molar-refractivity contribution in [1.29, 1.82) is 0 Å². The second kappa shape index (κ2) is 4.29. The Morgan fingerprint density at radius 3 is 2.40 bits per heavy atom. The van der Waals surface area contributed by atoms with Gasteiger partial charge in [-0.2, -0.15) is 5.10 Å². The number of carbonyl (C=O) groups excluding carboxylic acids is 1. The lowest BCUT2D eigenvalue weighted by atomic mass is 10.1. The summed E-state index contributed by atoms with van der Waals surface area (Å²) in [5, 5.41) is 4.21. The van der Waals surface area contributed by atoms with Gasteiger partial charge in [-0.3, -0.25) is 9.48 Å². The van der Waals surface area contributed by atoms with Crippen LogP contribution in [-0.2, 0) is 7.05 Å². The quantitative estimate of drug-likeness (QED) is 0.554. The first kappa shape index (κ1) is 11.5. The van der Waals surface area contributed by atoms with Crippen LogP contribution in [0.5, 0.6) is 0 Å². The number of aryl methyl sites for hydroxylation is 2. The second-order valence-electron chi connectivity index (χ2n) is 3.81. The van der Waals surface area contributed by atoms with Crippen molar-refractivity contribution < 1.29 is 4.79 Å². The minimum atomic E-state index is 0.00630. The van der Waals surface area contributed by atoms with Crippen molar-refractivity contribution in [3.8, 4) is 0 Å². The van der Waals surface area contributed by atoms with Crippen LogP contribution in [0.3, 0.4) is 0 Å². The SMILES string of the molecule is Cc1nn(C)c(C)c1C(=O)/C=C/N(C)C. The number of hydrogen-bond acceptors (Lipinski definition) is 3. The molecule has 0 saturated carbocycles. The Morgan fingerprint density at radius 2 is 2.00 bits per heavy atom. The molecule has 1 rings (SSSR count). The van der Waals surface area contributed by atoms with Gasteiger partial charge in [0.05, 0.1) is 11.3 Å². The first-order valence-electron chi connectivity index (χ1n) is 4.82. The van der Waals surface area contributed by atoms with Crippen molar-refractivity contribution >= 4 is 5.78 Å². The lowest BCUT2D eigenvalue weighted by molar-refractivity contribution is 0.104. The van der Waals surface area contributed by atoms with E-state index < -0.39 is 0 Å². The van der Waals surface area contributed by atoms with Crippen molar-refractivity contribution in [2.24, 2.45) is 7.05 Å². The number of aromatic nitrogens is 2. The molecule has 0 aromatic carbocycles. The van der Waals surface area contributed by atoms with E-state index in [9.17, 15) is 4.79 Å². The molecule has 0 radical (unpaired) electrons. The molecular formula is C11H17N3O. The van der Waals surface area contributed by atoms with E-state index in [1.54, 1.807) is 17.0 Å². The predicted molar refractivity (Wildman–Crippen MR) is 59.8 cm³/mol. The molecule has 0 aliphatic carbocycles. The van der Waals surface area contributed by atoms with E-state index in [0.29, 0.717) is 5.56 Å². The van der Waals surface area contributed by atoms with Gasteiger partial charge in [-0.25, -0.2) is 0 Å². The van der Waals surface area contributed by atoms with Crippen LogP contribution >= 0.6 is 0 Å². The molecular weight excluding hydrogens is 190 g/mol. The van der Waals surface area contributed by atoms with E-state index >= 15 is 0 Å². The molecule has 0 bridgehead atoms. The van der Waals surface area contributed by atoms with Gasteiger partial charge in [0.2, 0.25) is 0 Å². The topological polar surface area (TPSA) is 38.1 Å². The molecule has 4 heteroatoms. The zero-order valence-electron chi connectivity index (χ0n) is 9.90. The number of nitrogens with zero attached hydrogens (tertiary/aromatic N) is 3. The van der Waals surface area contributed by atoms with Crippen LogP contribution in [0.1, 0.15) is 21.7 Å². The molecule has 0 amide bonds. The highest BCUT2D eigenvalue weighted by atomic mass is 16.1. The number of hydrogen-bond donors (Lipinski definition) is 0. The molecule has 0 fully saturated rings. The van der Waals surface area contributed by atoms with Crippen LogP contribution in [-0.4, -0.2) is 34.6 Å². The molecule has 0 saturated heterocycles. The van der Waals surface area contributed by atoms with Gasteiger partial charge in [0.25, 0.3) is 0 Å². The zero-order valence-corrected chi connectivity index (χ0v) is 9.90. The molecule has 0 spiro atoms. The van der Waals surface area contributed by atoms with Crippen molar-refractivity contribution in [2.45, 2.75) is 13.8 Å². The number of rotatable bonds is 3. The molecule has 0 aliphatic rings. The average Bonchev–Trinajstić information content (AvgIpc) is 2.37. The molecule has 0 N–H and O–H groups in total. The third-order valence-corrected chi connectivity index (χ3v) is 2.28. The first-order valence-corrected chi connectivity index (χ1v) is 4.82. The molecule has 4 nitrogen and oxygen atoms in total. The summed E-state index contributed by atoms with van der Waals surface area (Å²) in [6.45, 7) is 3.75. The molecule has 1 aromatic rings. The Labute approximate surface area is 90.2 Å². The van der Waals surface area contributed by atoms with Gasteiger partial charge in [0.1, 0.15) is 0 Å². The third kappa shape index (κ3) is 2.46. The Bertz CT molecular complexity index is 402. The standard InChI is InChI=1S/C11H17N3O/c1-8-11(9(2)14(5)12-8)10(15)6-7-13(3)4/h6-7H,1-5H3/b7-6+. The molecule has 0 atom stereocenters. The predicted octanol–water partition coefficient (Wildman–Crippen LogP) is 1.29. The van der Waals surface area contributed by atoms with Gasteiger partial charge in [-0.1, -0.05) is 0 Å². The monoisotopic (exact) mass is 207 g/mol. The maximum atomic E-state index is 11.8. The molecule has 0 unspecified atom stereocenters. The molecule has 82 valence electrons. The van der Waals surface area contributed by atoms with E-state index in [2.05, 4.69) is 5.10 Å². The summed E-state index contributed by atoms with van der Waals surface area (Å²) in [4.78, 5) is 13.7. The normalized spacial score (nSPS) is 11.0. The Kier molecular flexibility index (Phi) is 3.29. The van der Waals surface area contributed by atoms with Crippen LogP contribution in [0.4, 0.5) is 0 Å². The minimum Gasteiger partial charge on any atom is -0.383 e. The fourth-order valence-electron chi connectivity index (χ4n) is 1.43. The smallest absolute Gasteiger partial charge is 0.190 e. The van der Waals surface area contributed by atoms with E-state index in [1.165, 1.54) is 0 Å². The summed E-state index contributed by atoms with van der Waals surface area (Å²) >= 11 is 0. The summed E-state index contributed by atoms with van der Waals surface area (Å²) in [6, 6.07) is 0. The highest BCUT2D eigenvalue weighted by Crippen LogP contribution is 2.12. The van der Waals surface area contributed by atoms with E-state index in [4.69, 9.17) is 0 Å². The maximum absolute atomic E-state index is 11.8. The molecule has 15 heavy (non-hydrogen) atoms. The summed E-state index contributed by atoms with van der Waals surface area (Å²) in [7, 11) is 5.61. The van der Waals surface area contributed by atoms with Crippen molar-refractivity contribution in [3.63, 3.8) is 0 Å². The van der Waals surface area contributed by atoms with Crippen LogP contribution in [0.15, 0.2) is 12.3 Å². The van der Waals surface area contributed by atoms with Gasteiger partial charge in [-0.15, -0.1) is 0 Å². The fourth-order valence-corrected chi connectivity index (χ4v) is 1.43. The molecule has 1 aromatic heterocycles. The summed E-state index contributed by atoms with van der Waals surface area (Å²) in [5.74, 6) is 0.00630. The number of carbonyl (C=O) groups is 1. The third-order valence-electron chi connectivity index (χ3n) is 2.28. The average molecular weight is 207 g/mol. The van der Waals surface area contributed by atoms with Crippen molar-refractivity contribution in [3.05, 3.63) is 29.2 Å². The van der Waals surface area contributed by atoms with Crippen LogP contribution < -0.4 is 0 Å². The largest absolute Gasteiger partial charge is 0.383 e. The Balaban J connectivity index is 3.01. The van der Waals surface area contributed by atoms with Gasteiger partial charge < -0.3 is 4.90 Å². The molecule has 1 heterocycles. The Hall–Kier alpha value is -1.58. The lowest BCUT2D eigenvalue weighted by Gasteiger charge is -2.02. The second-order valence-corrected chi connectivity index (χ2v) is 3.81. The fraction of sp³-hybridized carbons (Fsp3) is 0.455. The molecule has 0 aliphatic heterocycles. The minimum absolute atomic E-state index is 0.00630. The van der Waals surface area contributed by atoms with Gasteiger partial charge in [-0.05, 0) is 13.8 Å². The summed E-state index contributed by atoms with van der Waals surface area (Å²) in [5.41, 5.74) is 2.39. The number of allylic oxidation sites excluding steroid dienone is 1. The van der Waals surface area contributed by atoms with Gasteiger partial charge >= 0.3 is 0 Å². The van der Waals surface area contributed by atoms with E-state index in [1.807, 2.05) is 39.9 Å². The van der Waals surface area contributed by atoms with Gasteiger partial charge in [0.15, 0.2) is 5.78 Å². The first-order chi connectivity index (χ1) is 6.93. The maximum Gasteiger partial charge on any atom is 0.190 e. The van der Waals surface area contributed by atoms with Crippen LogP contribution in [0.25, 0.3) is 0 Å². The summed E-state index contributed by atoms with van der Waals surface area (Å²) in [6.07, 6.45) is 3.31. The van der Waals surface area contributed by atoms with Crippen LogP contribution in [0.2, 0.25) is 0 Å². The van der Waals surface area contributed by atoms with E-state index in [0.717, 1.165) is 11.4 Å². The highest BCUT2D eigenvalue weighted by Gasteiger charge is 2.14. The number of ketones is 1. The highest BCUT2D eigenvalue weighted by molar-refractivity contribution is 6.06. The zero-order chi connectivity index (χ0) is 11.6.